The molecule has 2 aliphatic heterocycles. The molecule has 0 aliphatic carbocycles. The molecule has 2 fully saturated rings. The summed E-state index contributed by atoms with van der Waals surface area (Å²) in [5, 5.41) is 0. The molecule has 1 aromatic rings. The molecule has 4 atom stereocenters. The van der Waals surface area contributed by atoms with Gasteiger partial charge in [0, 0.05) is 0 Å². The number of fused-ring (bicyclic) bond motifs is 1. The maximum atomic E-state index is 12.5. The van der Waals surface area contributed by atoms with Crippen molar-refractivity contribution < 1.29 is 33.3 Å². The molecule has 3 rings (SSSR count). The van der Waals surface area contributed by atoms with Gasteiger partial charge in [-0.2, -0.15) is 0 Å². The number of esters is 1. The van der Waals surface area contributed by atoms with E-state index in [1.807, 2.05) is 30.3 Å². The van der Waals surface area contributed by atoms with Crippen molar-refractivity contribution in [3.63, 3.8) is 0 Å². The highest BCUT2D eigenvalue weighted by atomic mass is 16.8. The van der Waals surface area contributed by atoms with Crippen LogP contribution in [0.2, 0.25) is 0 Å². The van der Waals surface area contributed by atoms with Gasteiger partial charge in [0.1, 0.15) is 24.7 Å². The zero-order chi connectivity index (χ0) is 18.7. The lowest BCUT2D eigenvalue weighted by atomic mass is 10.0. The summed E-state index contributed by atoms with van der Waals surface area (Å²) in [6.07, 6.45) is -3.21. The predicted octanol–water partition coefficient (Wildman–Crippen LogP) is 1.97. The van der Waals surface area contributed by atoms with Gasteiger partial charge < -0.3 is 23.7 Å². The van der Waals surface area contributed by atoms with Crippen molar-refractivity contribution in [1.29, 1.82) is 0 Å². The summed E-state index contributed by atoms with van der Waals surface area (Å²) in [7, 11) is 0. The molecule has 0 radical (unpaired) electrons. The number of carbonyl (C=O) groups is 2. The highest BCUT2D eigenvalue weighted by molar-refractivity contribution is 5.98. The molecule has 0 unspecified atom stereocenters. The van der Waals surface area contributed by atoms with E-state index in [0.717, 1.165) is 5.56 Å². The summed E-state index contributed by atoms with van der Waals surface area (Å²) >= 11 is 0. The fourth-order valence-corrected chi connectivity index (χ4v) is 3.14. The summed E-state index contributed by atoms with van der Waals surface area (Å²) in [4.78, 5) is 24.2. The summed E-state index contributed by atoms with van der Waals surface area (Å²) in [5.41, 5.74) is 0.964. The van der Waals surface area contributed by atoms with Gasteiger partial charge in [-0.15, -0.1) is 0 Å². The van der Waals surface area contributed by atoms with E-state index in [2.05, 4.69) is 0 Å². The van der Waals surface area contributed by atoms with E-state index < -0.39 is 42.1 Å². The molecule has 7 heteroatoms. The fraction of sp³-hybridized carbons (Fsp3) is 0.579. The molecule has 0 bridgehead atoms. The largest absolute Gasteiger partial charge is 0.466 e. The van der Waals surface area contributed by atoms with Crippen LogP contribution in [0, 0.1) is 0 Å². The van der Waals surface area contributed by atoms with Crippen molar-refractivity contribution in [3.8, 4) is 0 Å². The van der Waals surface area contributed by atoms with Crippen LogP contribution in [0.25, 0.3) is 0 Å². The number of benzene rings is 1. The minimum atomic E-state index is -0.936. The Morgan fingerprint density at radius 2 is 1.88 bits per heavy atom. The van der Waals surface area contributed by atoms with Gasteiger partial charge in [-0.25, -0.2) is 0 Å². The van der Waals surface area contributed by atoms with E-state index in [1.54, 1.807) is 20.8 Å². The Morgan fingerprint density at radius 3 is 2.58 bits per heavy atom. The van der Waals surface area contributed by atoms with Crippen LogP contribution in [0.15, 0.2) is 30.3 Å². The smallest absolute Gasteiger partial charge is 0.313 e. The number of Topliss-reactive ketones (excluding diaryl/α,β-unsaturated/α-hetero) is 1. The molecule has 0 N–H and O–H groups in total. The molecular weight excluding hydrogens is 340 g/mol. The summed E-state index contributed by atoms with van der Waals surface area (Å²) < 4.78 is 28.1. The van der Waals surface area contributed by atoms with Crippen LogP contribution in [0.1, 0.15) is 32.8 Å². The number of hydrogen-bond donors (Lipinski definition) is 0. The Bertz CT molecular complexity index is 643. The number of rotatable bonds is 7. The molecule has 0 aromatic heterocycles. The summed E-state index contributed by atoms with van der Waals surface area (Å²) in [6.45, 7) is 5.76. The topological polar surface area (TPSA) is 80.3 Å². The van der Waals surface area contributed by atoms with E-state index in [4.69, 9.17) is 23.7 Å². The molecule has 142 valence electrons. The van der Waals surface area contributed by atoms with Crippen LogP contribution in [-0.2, 0) is 39.9 Å². The Hall–Kier alpha value is -1.80. The van der Waals surface area contributed by atoms with Crippen molar-refractivity contribution in [3.05, 3.63) is 35.9 Å². The molecule has 2 aliphatic rings. The molecule has 2 heterocycles. The highest BCUT2D eigenvalue weighted by Gasteiger charge is 2.57. The quantitative estimate of drug-likeness (QED) is 0.540. The third-order valence-electron chi connectivity index (χ3n) is 4.22. The zero-order valence-electron chi connectivity index (χ0n) is 15.2. The van der Waals surface area contributed by atoms with Gasteiger partial charge in [-0.3, -0.25) is 9.59 Å². The van der Waals surface area contributed by atoms with Crippen LogP contribution in [-0.4, -0.2) is 48.7 Å². The van der Waals surface area contributed by atoms with Crippen molar-refractivity contribution in [2.45, 2.75) is 64.2 Å². The van der Waals surface area contributed by atoms with E-state index in [-0.39, 0.29) is 13.0 Å². The van der Waals surface area contributed by atoms with E-state index >= 15 is 0 Å². The lowest BCUT2D eigenvalue weighted by Crippen LogP contribution is -2.41. The molecule has 0 saturated carbocycles. The lowest BCUT2D eigenvalue weighted by Gasteiger charge is -2.25. The van der Waals surface area contributed by atoms with Crippen molar-refractivity contribution >= 4 is 11.8 Å². The van der Waals surface area contributed by atoms with Crippen LogP contribution in [0.3, 0.4) is 0 Å². The predicted molar refractivity (Wildman–Crippen MR) is 90.0 cm³/mol. The van der Waals surface area contributed by atoms with Gasteiger partial charge in [0.15, 0.2) is 17.9 Å². The van der Waals surface area contributed by atoms with Crippen LogP contribution in [0.5, 0.6) is 0 Å². The van der Waals surface area contributed by atoms with Gasteiger partial charge in [0.25, 0.3) is 0 Å². The molecule has 1 aromatic carbocycles. The minimum absolute atomic E-state index is 0.219. The first-order valence-electron chi connectivity index (χ1n) is 8.74. The average Bonchev–Trinajstić information content (AvgIpc) is 3.06. The maximum Gasteiger partial charge on any atom is 0.313 e. The third kappa shape index (κ3) is 4.29. The van der Waals surface area contributed by atoms with Crippen molar-refractivity contribution in [2.24, 2.45) is 0 Å². The molecular formula is C19H24O7. The number of ketones is 1. The van der Waals surface area contributed by atoms with Crippen LogP contribution >= 0.6 is 0 Å². The number of hydrogen-bond acceptors (Lipinski definition) is 7. The van der Waals surface area contributed by atoms with Gasteiger partial charge in [-0.05, 0) is 26.3 Å². The number of ether oxygens (including phenoxy) is 5. The first-order valence-corrected chi connectivity index (χ1v) is 8.74. The van der Waals surface area contributed by atoms with Crippen molar-refractivity contribution in [2.75, 3.05) is 6.61 Å². The normalized spacial score (nSPS) is 29.3. The summed E-state index contributed by atoms with van der Waals surface area (Å²) in [5.74, 6) is -1.80. The molecule has 0 spiro atoms. The van der Waals surface area contributed by atoms with Gasteiger partial charge in [0.2, 0.25) is 0 Å². The lowest BCUT2D eigenvalue weighted by molar-refractivity contribution is -0.218. The Balaban J connectivity index is 1.70. The second kappa shape index (κ2) is 7.84. The molecule has 0 amide bonds. The van der Waals surface area contributed by atoms with Gasteiger partial charge in [0.05, 0.1) is 13.2 Å². The standard InChI is InChI=1S/C19H24O7/c1-4-22-14(21)10-13(20)15-16(23-11-12-8-6-5-7-9-12)17-18(24-15)26-19(2,3)25-17/h5-9,15-18H,4,10-11H2,1-3H3/t15-,16-,17-,18-/m1/s1. The second-order valence-corrected chi connectivity index (χ2v) is 6.73. The van der Waals surface area contributed by atoms with Crippen molar-refractivity contribution in [1.82, 2.24) is 0 Å². The third-order valence-corrected chi connectivity index (χ3v) is 4.22. The van der Waals surface area contributed by atoms with E-state index in [1.165, 1.54) is 0 Å². The van der Waals surface area contributed by atoms with Crippen LogP contribution < -0.4 is 0 Å². The van der Waals surface area contributed by atoms with Crippen LogP contribution in [0.4, 0.5) is 0 Å². The van der Waals surface area contributed by atoms with Gasteiger partial charge in [-0.1, -0.05) is 30.3 Å². The second-order valence-electron chi connectivity index (χ2n) is 6.73. The van der Waals surface area contributed by atoms with Gasteiger partial charge >= 0.3 is 5.97 Å². The zero-order valence-corrected chi connectivity index (χ0v) is 15.2. The minimum Gasteiger partial charge on any atom is -0.466 e. The monoisotopic (exact) mass is 364 g/mol. The average molecular weight is 364 g/mol. The molecule has 26 heavy (non-hydrogen) atoms. The summed E-state index contributed by atoms with van der Waals surface area (Å²) in [6, 6.07) is 9.60. The Morgan fingerprint density at radius 1 is 1.15 bits per heavy atom. The Kier molecular flexibility index (Phi) is 5.72. The molecule has 7 nitrogen and oxygen atoms in total. The number of carbonyl (C=O) groups excluding carboxylic acids is 2. The van der Waals surface area contributed by atoms with E-state index in [0.29, 0.717) is 6.61 Å². The molecule has 2 saturated heterocycles. The first-order chi connectivity index (χ1) is 12.4. The maximum absolute atomic E-state index is 12.5. The SMILES string of the molecule is CCOC(=O)CC(=O)[C@H]1O[C@@H]2OC(C)(C)O[C@@H]2[C@@H]1OCc1ccccc1. The Labute approximate surface area is 152 Å². The highest BCUT2D eigenvalue weighted by Crippen LogP contribution is 2.39. The first kappa shape index (κ1) is 19.0. The fourth-order valence-electron chi connectivity index (χ4n) is 3.14. The van der Waals surface area contributed by atoms with E-state index in [9.17, 15) is 9.59 Å².